The van der Waals surface area contributed by atoms with Crippen molar-refractivity contribution in [3.63, 3.8) is 0 Å². The number of nitrogens with one attached hydrogen (secondary N) is 1. The highest BCUT2D eigenvalue weighted by atomic mass is 16.4. The van der Waals surface area contributed by atoms with Crippen LogP contribution in [0.25, 0.3) is 0 Å². The summed E-state index contributed by atoms with van der Waals surface area (Å²) in [4.78, 5) is 10.9. The van der Waals surface area contributed by atoms with Crippen LogP contribution >= 0.6 is 0 Å². The maximum atomic E-state index is 10.9. The minimum Gasteiger partial charge on any atom is -0.481 e. The fourth-order valence-corrected chi connectivity index (χ4v) is 3.44. The highest BCUT2D eigenvalue weighted by Gasteiger charge is 2.29. The molecule has 0 heterocycles. The zero-order valence-electron chi connectivity index (χ0n) is 10.8. The molecule has 0 radical (unpaired) electrons. The van der Waals surface area contributed by atoms with Gasteiger partial charge in [0.2, 0.25) is 0 Å². The molecule has 0 aromatic carbocycles. The van der Waals surface area contributed by atoms with Crippen molar-refractivity contribution in [2.45, 2.75) is 70.4 Å². The second-order valence-corrected chi connectivity index (χ2v) is 5.84. The molecule has 2 aliphatic carbocycles. The first-order valence-electron chi connectivity index (χ1n) is 7.18. The van der Waals surface area contributed by atoms with Gasteiger partial charge in [0.1, 0.15) is 0 Å². The molecule has 0 aliphatic heterocycles. The van der Waals surface area contributed by atoms with Gasteiger partial charge in [-0.15, -0.1) is 0 Å². The molecule has 2 aliphatic rings. The van der Waals surface area contributed by atoms with Crippen molar-refractivity contribution in [3.8, 4) is 0 Å². The molecule has 0 amide bonds. The molecule has 3 heteroatoms. The van der Waals surface area contributed by atoms with Crippen LogP contribution in [0.5, 0.6) is 0 Å². The Morgan fingerprint density at radius 1 is 1.12 bits per heavy atom. The molecule has 3 nitrogen and oxygen atoms in total. The molecular formula is C14H25NO2. The summed E-state index contributed by atoms with van der Waals surface area (Å²) in [7, 11) is 0. The third kappa shape index (κ3) is 3.44. The van der Waals surface area contributed by atoms with Crippen LogP contribution < -0.4 is 5.32 Å². The lowest BCUT2D eigenvalue weighted by Crippen LogP contribution is -2.40. The molecule has 2 rings (SSSR count). The summed E-state index contributed by atoms with van der Waals surface area (Å²) < 4.78 is 0. The van der Waals surface area contributed by atoms with Crippen molar-refractivity contribution in [3.05, 3.63) is 0 Å². The Balaban J connectivity index is 1.70. The molecule has 0 aromatic heterocycles. The number of aliphatic carboxylic acids is 1. The molecule has 17 heavy (non-hydrogen) atoms. The quantitative estimate of drug-likeness (QED) is 0.793. The molecule has 2 atom stereocenters. The summed E-state index contributed by atoms with van der Waals surface area (Å²) in [5, 5.41) is 12.7. The molecule has 2 unspecified atom stereocenters. The highest BCUT2D eigenvalue weighted by molar-refractivity contribution is 5.70. The van der Waals surface area contributed by atoms with Crippen molar-refractivity contribution in [2.24, 2.45) is 11.8 Å². The Morgan fingerprint density at radius 2 is 1.76 bits per heavy atom. The Kier molecular flexibility index (Phi) is 4.43. The van der Waals surface area contributed by atoms with E-state index in [2.05, 4.69) is 12.2 Å². The van der Waals surface area contributed by atoms with Crippen molar-refractivity contribution in [2.75, 3.05) is 0 Å². The maximum Gasteiger partial charge on any atom is 0.306 e. The van der Waals surface area contributed by atoms with Gasteiger partial charge in [0.15, 0.2) is 0 Å². The largest absolute Gasteiger partial charge is 0.481 e. The van der Waals surface area contributed by atoms with E-state index in [1.807, 2.05) is 0 Å². The lowest BCUT2D eigenvalue weighted by atomic mass is 9.86. The van der Waals surface area contributed by atoms with E-state index in [1.54, 1.807) is 0 Å². The summed E-state index contributed by atoms with van der Waals surface area (Å²) in [6, 6.07) is 1.28. The van der Waals surface area contributed by atoms with Crippen molar-refractivity contribution in [1.29, 1.82) is 0 Å². The number of carboxylic acids is 1. The van der Waals surface area contributed by atoms with Gasteiger partial charge in [-0.3, -0.25) is 4.79 Å². The first-order chi connectivity index (χ1) is 8.19. The van der Waals surface area contributed by atoms with E-state index in [-0.39, 0.29) is 5.92 Å². The van der Waals surface area contributed by atoms with Gasteiger partial charge in [-0.2, -0.15) is 0 Å². The van der Waals surface area contributed by atoms with Gasteiger partial charge in [-0.1, -0.05) is 13.3 Å². The molecule has 0 saturated heterocycles. The minimum absolute atomic E-state index is 0.0833. The van der Waals surface area contributed by atoms with Gasteiger partial charge in [-0.25, -0.2) is 0 Å². The number of rotatable bonds is 4. The van der Waals surface area contributed by atoms with Crippen LogP contribution in [0.3, 0.4) is 0 Å². The summed E-state index contributed by atoms with van der Waals surface area (Å²) in [5.74, 6) is 0.234. The fraction of sp³-hybridized carbons (Fsp3) is 0.929. The maximum absolute atomic E-state index is 10.9. The number of carbonyl (C=O) groups is 1. The van der Waals surface area contributed by atoms with Crippen LogP contribution in [0.4, 0.5) is 0 Å². The number of carboxylic acid groups (broad SMARTS) is 1. The average Bonchev–Trinajstić information content (AvgIpc) is 2.77. The predicted molar refractivity (Wildman–Crippen MR) is 67.9 cm³/mol. The predicted octanol–water partition coefficient (Wildman–Crippen LogP) is 2.80. The Bertz CT molecular complexity index is 259. The average molecular weight is 239 g/mol. The molecular weight excluding hydrogens is 214 g/mol. The van der Waals surface area contributed by atoms with E-state index in [0.717, 1.165) is 31.6 Å². The van der Waals surface area contributed by atoms with Crippen molar-refractivity contribution < 1.29 is 9.90 Å². The first kappa shape index (κ1) is 12.9. The van der Waals surface area contributed by atoms with Gasteiger partial charge < -0.3 is 10.4 Å². The zero-order chi connectivity index (χ0) is 12.3. The van der Waals surface area contributed by atoms with Crippen LogP contribution in [-0.4, -0.2) is 23.2 Å². The molecule has 2 saturated carbocycles. The van der Waals surface area contributed by atoms with Crippen LogP contribution in [0.2, 0.25) is 0 Å². The van der Waals surface area contributed by atoms with Crippen LogP contribution in [-0.2, 0) is 4.79 Å². The lowest BCUT2D eigenvalue weighted by Gasteiger charge is -2.29. The van der Waals surface area contributed by atoms with Crippen molar-refractivity contribution >= 4 is 5.97 Å². The van der Waals surface area contributed by atoms with Gasteiger partial charge in [0, 0.05) is 12.1 Å². The van der Waals surface area contributed by atoms with E-state index in [0.29, 0.717) is 12.1 Å². The zero-order valence-corrected chi connectivity index (χ0v) is 10.8. The van der Waals surface area contributed by atoms with Gasteiger partial charge >= 0.3 is 5.97 Å². The monoisotopic (exact) mass is 239 g/mol. The third-order valence-electron chi connectivity index (χ3n) is 4.67. The lowest BCUT2D eigenvalue weighted by molar-refractivity contribution is -0.142. The van der Waals surface area contributed by atoms with Crippen LogP contribution in [0.1, 0.15) is 58.3 Å². The minimum atomic E-state index is -0.602. The van der Waals surface area contributed by atoms with Gasteiger partial charge in [0.05, 0.1) is 5.92 Å². The Morgan fingerprint density at radius 3 is 2.29 bits per heavy atom. The summed E-state index contributed by atoms with van der Waals surface area (Å²) in [5.41, 5.74) is 0. The molecule has 0 aromatic rings. The van der Waals surface area contributed by atoms with E-state index in [4.69, 9.17) is 5.11 Å². The molecule has 0 bridgehead atoms. The van der Waals surface area contributed by atoms with Crippen LogP contribution in [0, 0.1) is 11.8 Å². The normalized spacial score (nSPS) is 38.2. The first-order valence-corrected chi connectivity index (χ1v) is 7.18. The fourth-order valence-electron chi connectivity index (χ4n) is 3.44. The molecule has 2 N–H and O–H groups in total. The van der Waals surface area contributed by atoms with Gasteiger partial charge in [0.25, 0.3) is 0 Å². The van der Waals surface area contributed by atoms with Crippen molar-refractivity contribution in [1.82, 2.24) is 5.32 Å². The third-order valence-corrected chi connectivity index (χ3v) is 4.67. The van der Waals surface area contributed by atoms with E-state index in [1.165, 1.54) is 25.7 Å². The number of hydrogen-bond acceptors (Lipinski definition) is 2. The second kappa shape index (κ2) is 5.85. The van der Waals surface area contributed by atoms with E-state index in [9.17, 15) is 4.79 Å². The van der Waals surface area contributed by atoms with E-state index < -0.39 is 5.97 Å². The summed E-state index contributed by atoms with van der Waals surface area (Å²) in [6.45, 7) is 2.28. The second-order valence-electron chi connectivity index (χ2n) is 5.84. The Labute approximate surface area is 104 Å². The van der Waals surface area contributed by atoms with E-state index >= 15 is 0 Å². The van der Waals surface area contributed by atoms with Crippen LogP contribution in [0.15, 0.2) is 0 Å². The summed E-state index contributed by atoms with van der Waals surface area (Å²) >= 11 is 0. The Hall–Kier alpha value is -0.570. The highest BCUT2D eigenvalue weighted by Crippen LogP contribution is 2.30. The summed E-state index contributed by atoms with van der Waals surface area (Å²) in [6.07, 6.45) is 9.14. The topological polar surface area (TPSA) is 49.3 Å². The SMILES string of the molecule is CCC1CCC(NC2CCC(C(=O)O)CC2)C1. The number of hydrogen-bond donors (Lipinski definition) is 2. The molecule has 0 spiro atoms. The van der Waals surface area contributed by atoms with Gasteiger partial charge in [-0.05, 0) is 50.9 Å². The molecule has 2 fully saturated rings. The molecule has 98 valence electrons. The smallest absolute Gasteiger partial charge is 0.306 e. The standard InChI is InChI=1S/C14H25NO2/c1-2-10-3-6-13(9-10)15-12-7-4-11(5-8-12)14(16)17/h10-13,15H,2-9H2,1H3,(H,16,17).